The Bertz CT molecular complexity index is 2510. The van der Waals surface area contributed by atoms with Gasteiger partial charge in [-0.15, -0.1) is 0 Å². The number of carboxylic acid groups (broad SMARTS) is 6. The molecule has 0 unspecified atom stereocenters. The lowest BCUT2D eigenvalue weighted by molar-refractivity contribution is -0.145. The smallest absolute Gasteiger partial charge is 0.320 e. The van der Waals surface area contributed by atoms with Gasteiger partial charge in [-0.25, -0.2) is 0 Å². The van der Waals surface area contributed by atoms with Gasteiger partial charge in [0.05, 0.1) is 64.9 Å². The molecular formula is C61H103N15O21. The van der Waals surface area contributed by atoms with Crippen LogP contribution in [0.4, 0.5) is 0 Å². The van der Waals surface area contributed by atoms with Crippen LogP contribution in [-0.4, -0.2) is 446 Å². The minimum atomic E-state index is -1.31. The Balaban J connectivity index is 1.87. The number of nitrogens with one attached hydrogen (secondary N) is 2. The highest BCUT2D eigenvalue weighted by atomic mass is 16.4. The van der Waals surface area contributed by atoms with Gasteiger partial charge < -0.3 is 74.9 Å². The number of hydrogen-bond donors (Lipinski definition) is 8. The van der Waals surface area contributed by atoms with E-state index in [0.717, 1.165) is 18.9 Å². The predicted octanol–water partition coefficient (Wildman–Crippen LogP) is -7.14. The molecule has 0 aliphatic carbocycles. The molecule has 3 atom stereocenters. The highest BCUT2D eigenvalue weighted by Gasteiger charge is 2.32. The highest BCUT2D eigenvalue weighted by molar-refractivity contribution is 5.80. The molecule has 3 amide bonds. The first-order valence-corrected chi connectivity index (χ1v) is 33.0. The quantitative estimate of drug-likeness (QED) is 0.0265. The van der Waals surface area contributed by atoms with Crippen LogP contribution in [0.1, 0.15) is 38.5 Å². The summed E-state index contributed by atoms with van der Waals surface area (Å²) >= 11 is 0. The second-order valence-electron chi connectivity index (χ2n) is 24.2. The van der Waals surface area contributed by atoms with Crippen molar-refractivity contribution < 1.29 is 103 Å². The summed E-state index contributed by atoms with van der Waals surface area (Å²) < 4.78 is 0. The van der Waals surface area contributed by atoms with Crippen molar-refractivity contribution in [1.82, 2.24) is 74.3 Å². The third-order valence-electron chi connectivity index (χ3n) is 17.5. The van der Waals surface area contributed by atoms with Crippen molar-refractivity contribution >= 4 is 91.3 Å². The van der Waals surface area contributed by atoms with Gasteiger partial charge in [0.15, 0.2) is 0 Å². The molecule has 3 aliphatic rings. The average Bonchev–Trinajstić information content (AvgIpc) is 0.943. The molecule has 3 aliphatic heterocycles. The van der Waals surface area contributed by atoms with Crippen molar-refractivity contribution in [2.45, 2.75) is 56.7 Å². The lowest BCUT2D eigenvalue weighted by atomic mass is 10.1. The van der Waals surface area contributed by atoms with Crippen LogP contribution in [0, 0.1) is 0 Å². The van der Waals surface area contributed by atoms with Crippen molar-refractivity contribution in [2.75, 3.05) is 242 Å². The maximum atomic E-state index is 14.4. The van der Waals surface area contributed by atoms with Gasteiger partial charge in [-0.05, 0) is 19.3 Å². The summed E-state index contributed by atoms with van der Waals surface area (Å²) in [6.07, 6.45) is 2.93. The maximum absolute atomic E-state index is 14.4. The van der Waals surface area contributed by atoms with Crippen LogP contribution < -0.4 is 10.6 Å². The standard InChI is InChI=1S/C61H103N15O21/c77-40-35-64-11-13-66(37-42-79)23-29-73(30-26-70(19-15-64)46-57(88)89)50(49-82)1-4-53(83)62-7-9-76(55(85)6-3-52(61(96)97)75-32-24-67(38-43-80)14-12-65(36-41-78)16-20-71(27-34-75)47-58(90)91)10-8-63-54(84)5-2-51(60(94)95)74-31-25-68(39-44-81)17-18-69(45-56(86)87)21-22-72(28-33-74)48-59(92)93/h40-44,49-52H,1-39,45-48H2,(H,62,83)(H,63,84)(H,86,87)(H,88,89)(H,90,91)(H,92,93)(H,94,95)(H,96,97)/t50-,51-,52-/m0/s1. The fraction of sp³-hybridized carbons (Fsp3) is 0.754. The lowest BCUT2D eigenvalue weighted by Gasteiger charge is -2.35. The Kier molecular flexibility index (Phi) is 42.0. The molecule has 3 rings (SSSR count). The zero-order valence-electron chi connectivity index (χ0n) is 55.7. The normalized spacial score (nSPS) is 19.6. The van der Waals surface area contributed by atoms with Gasteiger partial charge in [0.25, 0.3) is 0 Å². The van der Waals surface area contributed by atoms with Gasteiger partial charge in [0.2, 0.25) is 17.7 Å². The van der Waals surface area contributed by atoms with Gasteiger partial charge in [0, 0.05) is 203 Å². The topological polar surface area (TPSA) is 444 Å². The van der Waals surface area contributed by atoms with Crippen molar-refractivity contribution in [3.05, 3.63) is 0 Å². The second kappa shape index (κ2) is 48.5. The predicted molar refractivity (Wildman–Crippen MR) is 347 cm³/mol. The third-order valence-corrected chi connectivity index (χ3v) is 17.5. The van der Waals surface area contributed by atoms with Crippen molar-refractivity contribution in [3.63, 3.8) is 0 Å². The molecule has 0 radical (unpaired) electrons. The Morgan fingerprint density at radius 1 is 0.330 bits per heavy atom. The molecule has 0 saturated carbocycles. The molecule has 3 fully saturated rings. The Morgan fingerprint density at radius 3 is 0.845 bits per heavy atom. The average molecular weight is 1380 g/mol. The maximum Gasteiger partial charge on any atom is 0.320 e. The molecule has 0 aromatic carbocycles. The van der Waals surface area contributed by atoms with Crippen LogP contribution in [0.2, 0.25) is 0 Å². The van der Waals surface area contributed by atoms with Gasteiger partial charge >= 0.3 is 35.8 Å². The number of carboxylic acids is 6. The summed E-state index contributed by atoms with van der Waals surface area (Å²) in [4.78, 5) is 208. The summed E-state index contributed by atoms with van der Waals surface area (Å²) in [5, 5.41) is 65.5. The van der Waals surface area contributed by atoms with E-state index in [9.17, 15) is 103 Å². The first kappa shape index (κ1) is 84.0. The molecule has 3 saturated heterocycles. The number of rotatable bonds is 39. The Morgan fingerprint density at radius 2 is 0.577 bits per heavy atom. The first-order chi connectivity index (χ1) is 46.5. The minimum Gasteiger partial charge on any atom is -0.480 e. The summed E-state index contributed by atoms with van der Waals surface area (Å²) in [7, 11) is 0. The molecule has 97 heavy (non-hydrogen) atoms. The van der Waals surface area contributed by atoms with Crippen LogP contribution in [0.5, 0.6) is 0 Å². The van der Waals surface area contributed by atoms with Crippen LogP contribution >= 0.6 is 0 Å². The summed E-state index contributed by atoms with van der Waals surface area (Å²) in [6, 6.07) is -3.41. The lowest BCUT2D eigenvalue weighted by Crippen LogP contribution is -2.51. The summed E-state index contributed by atoms with van der Waals surface area (Å²) in [5.74, 6) is -8.73. The molecule has 3 heterocycles. The molecule has 0 bridgehead atoms. The number of aldehydes is 6. The van der Waals surface area contributed by atoms with E-state index in [1.807, 2.05) is 19.6 Å². The van der Waals surface area contributed by atoms with Crippen LogP contribution in [0.15, 0.2) is 0 Å². The van der Waals surface area contributed by atoms with Crippen LogP contribution in [0.25, 0.3) is 0 Å². The monoisotopic (exact) mass is 1380 g/mol. The van der Waals surface area contributed by atoms with Gasteiger partial charge in [-0.2, -0.15) is 0 Å². The van der Waals surface area contributed by atoms with Crippen LogP contribution in [-0.2, 0) is 71.9 Å². The van der Waals surface area contributed by atoms with Gasteiger partial charge in [-0.1, -0.05) is 0 Å². The number of nitrogens with zero attached hydrogens (tertiary/aromatic N) is 13. The van der Waals surface area contributed by atoms with E-state index in [1.54, 1.807) is 39.2 Å². The van der Waals surface area contributed by atoms with Crippen molar-refractivity contribution in [2.24, 2.45) is 0 Å². The largest absolute Gasteiger partial charge is 0.480 e. The fourth-order valence-electron chi connectivity index (χ4n) is 11.9. The molecule has 548 valence electrons. The molecule has 36 nitrogen and oxygen atoms in total. The molecule has 36 heteroatoms. The molecule has 8 N–H and O–H groups in total. The van der Waals surface area contributed by atoms with E-state index in [1.165, 1.54) is 4.90 Å². The Hall–Kier alpha value is -7.23. The van der Waals surface area contributed by atoms with E-state index in [4.69, 9.17) is 0 Å². The number of hydrogen-bond acceptors (Lipinski definition) is 27. The van der Waals surface area contributed by atoms with E-state index in [-0.39, 0.29) is 222 Å². The zero-order chi connectivity index (χ0) is 71.5. The molecule has 0 aromatic heterocycles. The van der Waals surface area contributed by atoms with E-state index in [2.05, 4.69) is 10.6 Å². The van der Waals surface area contributed by atoms with E-state index < -0.39 is 78.2 Å². The number of amides is 3. The van der Waals surface area contributed by atoms with Crippen molar-refractivity contribution in [1.29, 1.82) is 0 Å². The highest BCUT2D eigenvalue weighted by Crippen LogP contribution is 2.15. The Labute approximate surface area is 565 Å². The number of aliphatic carboxylic acids is 6. The number of carbonyl (C=O) groups excluding carboxylic acids is 9. The summed E-state index contributed by atoms with van der Waals surface area (Å²) in [5.41, 5.74) is 0. The van der Waals surface area contributed by atoms with Gasteiger partial charge in [-0.3, -0.25) is 102 Å². The molecule has 0 spiro atoms. The van der Waals surface area contributed by atoms with Crippen molar-refractivity contribution in [3.8, 4) is 0 Å². The SMILES string of the molecule is O=CCN1CCN(CC=O)CCN([C@H](C=O)CCC(=O)NCCN(CCNC(=O)CC[C@@H](C(=O)O)N2CCN(CC=O)CCN(CC(=O)O)CCN(CC(=O)O)CC2)C(=O)CC[C@@H](C(=O)O)N2CCN(CC=O)CCN(CC=O)CCN(CC(=O)O)CC2)CCN(CC(=O)O)CC1. The second-order valence-corrected chi connectivity index (χ2v) is 24.2. The van der Waals surface area contributed by atoms with Crippen LogP contribution in [0.3, 0.4) is 0 Å². The summed E-state index contributed by atoms with van der Waals surface area (Å²) in [6.45, 7) is 3.25. The van der Waals surface area contributed by atoms with E-state index >= 15 is 0 Å². The fourth-order valence-corrected chi connectivity index (χ4v) is 11.9. The molecular weight excluding hydrogens is 1280 g/mol. The number of carbonyl (C=O) groups is 15. The first-order valence-electron chi connectivity index (χ1n) is 33.0. The zero-order valence-corrected chi connectivity index (χ0v) is 55.7. The third kappa shape index (κ3) is 35.7. The van der Waals surface area contributed by atoms with Gasteiger partial charge in [0.1, 0.15) is 49.8 Å². The minimum absolute atomic E-state index is 0.000666. The molecule has 0 aromatic rings. The van der Waals surface area contributed by atoms with E-state index in [0.29, 0.717) is 71.2 Å².